The van der Waals surface area contributed by atoms with Crippen molar-refractivity contribution in [2.45, 2.75) is 31.8 Å². The molecule has 0 amide bonds. The van der Waals surface area contributed by atoms with E-state index < -0.39 is 0 Å². The average molecular weight is 201 g/mol. The van der Waals surface area contributed by atoms with Gasteiger partial charge in [0.15, 0.2) is 0 Å². The van der Waals surface area contributed by atoms with E-state index in [1.807, 2.05) is 0 Å². The van der Waals surface area contributed by atoms with Crippen molar-refractivity contribution < 1.29 is 5.11 Å². The Bertz CT molecular complexity index is 170. The molecule has 1 aliphatic heterocycles. The van der Waals surface area contributed by atoms with Crippen LogP contribution < -0.4 is 0 Å². The highest BCUT2D eigenvalue weighted by Crippen LogP contribution is 2.48. The van der Waals surface area contributed by atoms with Crippen LogP contribution in [0, 0.1) is 5.41 Å². The zero-order chi connectivity index (χ0) is 9.31. The summed E-state index contributed by atoms with van der Waals surface area (Å²) >= 11 is 4.24. The van der Waals surface area contributed by atoms with E-state index in [9.17, 15) is 5.11 Å². The fraction of sp³-hybridized carbons (Fsp3) is 1.00. The molecule has 1 saturated carbocycles. The second-order valence-corrected chi connectivity index (χ2v) is 5.07. The molecule has 76 valence electrons. The molecule has 0 aromatic carbocycles. The summed E-state index contributed by atoms with van der Waals surface area (Å²) in [5.41, 5.74) is 0.534. The number of aliphatic hydroxyl groups is 1. The Morgan fingerprint density at radius 1 is 1.31 bits per heavy atom. The maximum Gasteiger partial charge on any atom is 0.0550 e. The lowest BCUT2D eigenvalue weighted by molar-refractivity contribution is -0.0671. The van der Waals surface area contributed by atoms with Crippen LogP contribution in [0.3, 0.4) is 0 Å². The summed E-state index contributed by atoms with van der Waals surface area (Å²) in [5.74, 6) is 0.968. The van der Waals surface area contributed by atoms with Gasteiger partial charge in [-0.3, -0.25) is 0 Å². The lowest BCUT2D eigenvalue weighted by Gasteiger charge is -2.50. The lowest BCUT2D eigenvalue weighted by atomic mass is 9.61. The molecule has 2 rings (SSSR count). The first-order valence-corrected chi connectivity index (χ1v) is 5.89. The van der Waals surface area contributed by atoms with Crippen molar-refractivity contribution in [3.8, 4) is 0 Å². The number of nitrogens with zero attached hydrogens (tertiary/aromatic N) is 1. The summed E-state index contributed by atoms with van der Waals surface area (Å²) in [7, 11) is 0. The molecule has 0 atom stereocenters. The predicted octanol–water partition coefficient (Wildman–Crippen LogP) is 1.15. The maximum absolute atomic E-state index is 9.31. The van der Waals surface area contributed by atoms with Crippen LogP contribution in [0.2, 0.25) is 0 Å². The first kappa shape index (κ1) is 9.81. The Hall–Kier alpha value is 0.270. The van der Waals surface area contributed by atoms with Crippen molar-refractivity contribution in [2.24, 2.45) is 5.41 Å². The summed E-state index contributed by atoms with van der Waals surface area (Å²) in [6, 6.07) is 0. The van der Waals surface area contributed by atoms with Gasteiger partial charge in [0, 0.05) is 12.3 Å². The Kier molecular flexibility index (Phi) is 2.86. The number of likely N-dealkylation sites (tertiary alicyclic amines) is 1. The molecule has 0 unspecified atom stereocenters. The molecule has 13 heavy (non-hydrogen) atoms. The van der Waals surface area contributed by atoms with Gasteiger partial charge in [-0.05, 0) is 44.2 Å². The third kappa shape index (κ3) is 2.03. The molecule has 2 fully saturated rings. The normalized spacial score (nSPS) is 29.1. The van der Waals surface area contributed by atoms with E-state index in [1.165, 1.54) is 25.9 Å². The molecule has 0 bridgehead atoms. The zero-order valence-electron chi connectivity index (χ0n) is 8.08. The molecule has 0 radical (unpaired) electrons. The summed E-state index contributed by atoms with van der Waals surface area (Å²) in [4.78, 5) is 2.49. The number of hydrogen-bond donors (Lipinski definition) is 2. The van der Waals surface area contributed by atoms with Crippen molar-refractivity contribution in [1.82, 2.24) is 4.90 Å². The molecule has 0 aromatic heterocycles. The highest BCUT2D eigenvalue weighted by Gasteiger charge is 2.44. The molecule has 1 aliphatic carbocycles. The fourth-order valence-corrected chi connectivity index (χ4v) is 3.02. The smallest absolute Gasteiger partial charge is 0.0550 e. The number of thiol groups is 1. The van der Waals surface area contributed by atoms with Crippen molar-refractivity contribution >= 4 is 12.6 Å². The first-order valence-electron chi connectivity index (χ1n) is 5.25. The van der Waals surface area contributed by atoms with Crippen molar-refractivity contribution in [1.29, 1.82) is 0 Å². The fourth-order valence-electron chi connectivity index (χ4n) is 2.74. The quantitative estimate of drug-likeness (QED) is 0.655. The topological polar surface area (TPSA) is 23.5 Å². The first-order chi connectivity index (χ1) is 6.24. The highest BCUT2D eigenvalue weighted by molar-refractivity contribution is 7.80. The molecule has 1 N–H and O–H groups in total. The Morgan fingerprint density at radius 2 is 1.92 bits per heavy atom. The van der Waals surface area contributed by atoms with Gasteiger partial charge in [0.2, 0.25) is 0 Å². The van der Waals surface area contributed by atoms with Crippen LogP contribution in [0.15, 0.2) is 0 Å². The van der Waals surface area contributed by atoms with Crippen LogP contribution in [0.1, 0.15) is 25.7 Å². The van der Waals surface area contributed by atoms with Crippen LogP contribution in [-0.2, 0) is 0 Å². The molecule has 1 saturated heterocycles. The molecule has 1 spiro atoms. The van der Waals surface area contributed by atoms with E-state index in [4.69, 9.17) is 0 Å². The lowest BCUT2D eigenvalue weighted by Crippen LogP contribution is -2.49. The van der Waals surface area contributed by atoms with E-state index in [1.54, 1.807) is 0 Å². The number of hydrogen-bond acceptors (Lipinski definition) is 3. The van der Waals surface area contributed by atoms with E-state index >= 15 is 0 Å². The van der Waals surface area contributed by atoms with E-state index in [-0.39, 0.29) is 6.10 Å². The van der Waals surface area contributed by atoms with Gasteiger partial charge >= 0.3 is 0 Å². The van der Waals surface area contributed by atoms with Gasteiger partial charge in [-0.2, -0.15) is 12.6 Å². The molecule has 1 heterocycles. The summed E-state index contributed by atoms with van der Waals surface area (Å²) in [6.45, 7) is 3.56. The summed E-state index contributed by atoms with van der Waals surface area (Å²) in [5, 5.41) is 9.31. The molecule has 3 heteroatoms. The minimum absolute atomic E-state index is 0.0106. The maximum atomic E-state index is 9.31. The molecular weight excluding hydrogens is 182 g/mol. The monoisotopic (exact) mass is 201 g/mol. The molecule has 2 aliphatic rings. The number of piperidine rings is 1. The van der Waals surface area contributed by atoms with E-state index in [0.717, 1.165) is 25.1 Å². The van der Waals surface area contributed by atoms with Crippen molar-refractivity contribution in [2.75, 3.05) is 25.4 Å². The van der Waals surface area contributed by atoms with Gasteiger partial charge in [-0.15, -0.1) is 0 Å². The average Bonchev–Trinajstić information content (AvgIpc) is 2.07. The second-order valence-electron chi connectivity index (χ2n) is 4.63. The SMILES string of the molecule is OC1CC2(CCN(CCS)CC2)C1. The molecular formula is C10H19NOS. The van der Waals surface area contributed by atoms with Crippen LogP contribution >= 0.6 is 12.6 Å². The standard InChI is InChI=1S/C10H19NOS/c12-9-7-10(8-9)1-3-11(4-2-10)5-6-13/h9,12-13H,1-8H2. The van der Waals surface area contributed by atoms with Crippen LogP contribution in [0.5, 0.6) is 0 Å². The van der Waals surface area contributed by atoms with Gasteiger partial charge in [0.25, 0.3) is 0 Å². The second kappa shape index (κ2) is 3.79. The van der Waals surface area contributed by atoms with Gasteiger partial charge < -0.3 is 10.0 Å². The van der Waals surface area contributed by atoms with Crippen molar-refractivity contribution in [3.05, 3.63) is 0 Å². The van der Waals surface area contributed by atoms with Crippen LogP contribution in [-0.4, -0.2) is 41.5 Å². The van der Waals surface area contributed by atoms with Gasteiger partial charge in [-0.25, -0.2) is 0 Å². The third-order valence-corrected chi connectivity index (χ3v) is 3.87. The van der Waals surface area contributed by atoms with Gasteiger partial charge in [0.05, 0.1) is 6.10 Å². The third-order valence-electron chi connectivity index (χ3n) is 3.67. The van der Waals surface area contributed by atoms with Crippen LogP contribution in [0.25, 0.3) is 0 Å². The van der Waals surface area contributed by atoms with E-state index in [0.29, 0.717) is 5.41 Å². The predicted molar refractivity (Wildman–Crippen MR) is 57.2 cm³/mol. The minimum atomic E-state index is 0.0106. The number of aliphatic hydroxyl groups excluding tert-OH is 1. The molecule has 0 aromatic rings. The van der Waals surface area contributed by atoms with Gasteiger partial charge in [-0.1, -0.05) is 0 Å². The van der Waals surface area contributed by atoms with Gasteiger partial charge in [0.1, 0.15) is 0 Å². The summed E-state index contributed by atoms with van der Waals surface area (Å²) in [6.07, 6.45) is 4.70. The summed E-state index contributed by atoms with van der Waals surface area (Å²) < 4.78 is 0. The Balaban J connectivity index is 1.77. The molecule has 2 nitrogen and oxygen atoms in total. The highest BCUT2D eigenvalue weighted by atomic mass is 32.1. The minimum Gasteiger partial charge on any atom is -0.393 e. The number of rotatable bonds is 2. The Labute approximate surface area is 85.7 Å². The van der Waals surface area contributed by atoms with Crippen molar-refractivity contribution in [3.63, 3.8) is 0 Å². The zero-order valence-corrected chi connectivity index (χ0v) is 8.97. The Morgan fingerprint density at radius 3 is 2.38 bits per heavy atom. The van der Waals surface area contributed by atoms with Crippen LogP contribution in [0.4, 0.5) is 0 Å². The largest absolute Gasteiger partial charge is 0.393 e. The van der Waals surface area contributed by atoms with E-state index in [2.05, 4.69) is 17.5 Å².